The Balaban J connectivity index is 1.90. The maximum Gasteiger partial charge on any atom is 0.277 e. The first-order valence-electron chi connectivity index (χ1n) is 7.52. The number of carbonyl (C=O) groups excluding carboxylic acids is 1. The Kier molecular flexibility index (Phi) is 5.99. The van der Waals surface area contributed by atoms with Gasteiger partial charge < -0.3 is 4.74 Å². The van der Waals surface area contributed by atoms with Crippen LogP contribution < -0.4 is 10.2 Å². The van der Waals surface area contributed by atoms with Gasteiger partial charge in [-0.2, -0.15) is 5.10 Å². The minimum absolute atomic E-state index is 0.132. The molecule has 2 rings (SSSR count). The first kappa shape index (κ1) is 17.3. The van der Waals surface area contributed by atoms with Crippen molar-refractivity contribution in [1.29, 1.82) is 0 Å². The molecule has 23 heavy (non-hydrogen) atoms. The molecule has 5 heteroatoms. The smallest absolute Gasteiger partial charge is 0.277 e. The maximum atomic E-state index is 11.9. The van der Waals surface area contributed by atoms with Gasteiger partial charge in [0.2, 0.25) is 0 Å². The van der Waals surface area contributed by atoms with Crippen molar-refractivity contribution in [1.82, 2.24) is 5.43 Å². The van der Waals surface area contributed by atoms with E-state index in [-0.39, 0.29) is 12.5 Å². The summed E-state index contributed by atoms with van der Waals surface area (Å²) in [5, 5.41) is 4.70. The van der Waals surface area contributed by atoms with Crippen molar-refractivity contribution in [2.24, 2.45) is 11.0 Å². The quantitative estimate of drug-likeness (QED) is 0.651. The Morgan fingerprint density at radius 2 is 2.22 bits per heavy atom. The van der Waals surface area contributed by atoms with Crippen LogP contribution in [0, 0.1) is 5.92 Å². The minimum Gasteiger partial charge on any atom is -0.482 e. The zero-order chi connectivity index (χ0) is 16.8. The average molecular weight is 333 g/mol. The summed E-state index contributed by atoms with van der Waals surface area (Å²) in [6, 6.07) is 7.03. The number of hydrogen-bond donors (Lipinski definition) is 1. The lowest BCUT2D eigenvalue weighted by molar-refractivity contribution is -0.123. The highest BCUT2D eigenvalue weighted by molar-refractivity contribution is 6.32. The van der Waals surface area contributed by atoms with E-state index in [0.29, 0.717) is 16.7 Å². The van der Waals surface area contributed by atoms with Crippen LogP contribution in [0.15, 0.2) is 53.2 Å². The summed E-state index contributed by atoms with van der Waals surface area (Å²) in [7, 11) is 0. The maximum absolute atomic E-state index is 11.9. The second kappa shape index (κ2) is 7.97. The van der Waals surface area contributed by atoms with Gasteiger partial charge in [0.25, 0.3) is 5.91 Å². The molecule has 1 aromatic rings. The van der Waals surface area contributed by atoms with Crippen LogP contribution in [0.5, 0.6) is 5.75 Å². The van der Waals surface area contributed by atoms with Crippen LogP contribution in [0.1, 0.15) is 26.7 Å². The lowest BCUT2D eigenvalue weighted by atomic mass is 9.85. The topological polar surface area (TPSA) is 50.7 Å². The highest BCUT2D eigenvalue weighted by Gasteiger charge is 2.18. The number of para-hydroxylation sites is 1. The van der Waals surface area contributed by atoms with Crippen molar-refractivity contribution in [2.75, 3.05) is 6.61 Å². The van der Waals surface area contributed by atoms with E-state index in [1.807, 2.05) is 13.8 Å². The number of allylic oxidation sites excluding steroid dienone is 3. The predicted molar refractivity (Wildman–Crippen MR) is 93.8 cm³/mol. The van der Waals surface area contributed by atoms with E-state index in [0.717, 1.165) is 29.7 Å². The van der Waals surface area contributed by atoms with Crippen molar-refractivity contribution < 1.29 is 9.53 Å². The van der Waals surface area contributed by atoms with Crippen molar-refractivity contribution in [3.8, 4) is 5.75 Å². The van der Waals surface area contributed by atoms with E-state index in [2.05, 4.69) is 23.2 Å². The van der Waals surface area contributed by atoms with E-state index in [1.54, 1.807) is 24.3 Å². The van der Waals surface area contributed by atoms with Crippen molar-refractivity contribution in [2.45, 2.75) is 26.7 Å². The van der Waals surface area contributed by atoms with E-state index in [9.17, 15) is 4.79 Å². The first-order chi connectivity index (χ1) is 11.0. The van der Waals surface area contributed by atoms with Gasteiger partial charge in [-0.1, -0.05) is 42.0 Å². The molecule has 0 aliphatic heterocycles. The summed E-state index contributed by atoms with van der Waals surface area (Å²) in [6.07, 6.45) is 3.90. The van der Waals surface area contributed by atoms with Gasteiger partial charge in [-0.25, -0.2) is 5.43 Å². The summed E-state index contributed by atoms with van der Waals surface area (Å²) in [4.78, 5) is 11.9. The Hall–Kier alpha value is -2.07. The Labute approximate surface area is 141 Å². The van der Waals surface area contributed by atoms with E-state index < -0.39 is 0 Å². The average Bonchev–Trinajstić information content (AvgIpc) is 2.53. The monoisotopic (exact) mass is 332 g/mol. The fourth-order valence-electron chi connectivity index (χ4n) is 2.29. The summed E-state index contributed by atoms with van der Waals surface area (Å²) >= 11 is 5.97. The van der Waals surface area contributed by atoms with Crippen molar-refractivity contribution in [3.63, 3.8) is 0 Å². The molecule has 1 amide bonds. The lowest BCUT2D eigenvalue weighted by Crippen LogP contribution is -2.27. The number of carbonyl (C=O) groups is 1. The van der Waals surface area contributed by atoms with Crippen LogP contribution in [0.4, 0.5) is 0 Å². The number of benzene rings is 1. The summed E-state index contributed by atoms with van der Waals surface area (Å²) in [6.45, 7) is 7.89. The van der Waals surface area contributed by atoms with Gasteiger partial charge in [-0.05, 0) is 50.3 Å². The van der Waals surface area contributed by atoms with Gasteiger partial charge in [0.05, 0.1) is 10.7 Å². The third-order valence-electron chi connectivity index (χ3n) is 3.81. The number of amides is 1. The highest BCUT2D eigenvalue weighted by atomic mass is 35.5. The van der Waals surface area contributed by atoms with Crippen LogP contribution in [-0.4, -0.2) is 18.2 Å². The zero-order valence-corrected chi connectivity index (χ0v) is 14.2. The normalized spacial score (nSPS) is 19.2. The number of nitrogens with zero attached hydrogens (tertiary/aromatic N) is 1. The molecule has 1 aliphatic carbocycles. The molecule has 1 atom stereocenters. The Bertz CT molecular complexity index is 665. The molecule has 0 saturated carbocycles. The molecule has 0 fully saturated rings. The SMILES string of the molecule is C=C(C)[C@H]1CC=C(C)/C(=N/NC(=O)COc2ccccc2Cl)C1. The second-order valence-electron chi connectivity index (χ2n) is 5.68. The molecule has 0 spiro atoms. The van der Waals surface area contributed by atoms with Gasteiger partial charge >= 0.3 is 0 Å². The number of nitrogens with one attached hydrogen (secondary N) is 1. The van der Waals surface area contributed by atoms with Gasteiger partial charge in [0.1, 0.15) is 5.75 Å². The minimum atomic E-state index is -0.317. The molecule has 0 heterocycles. The lowest BCUT2D eigenvalue weighted by Gasteiger charge is -2.22. The molecule has 0 radical (unpaired) electrons. The molecule has 1 aliphatic rings. The number of hydrazone groups is 1. The number of hydrogen-bond acceptors (Lipinski definition) is 3. The fraction of sp³-hybridized carbons (Fsp3) is 0.333. The highest BCUT2D eigenvalue weighted by Crippen LogP contribution is 2.26. The van der Waals surface area contributed by atoms with Crippen LogP contribution in [-0.2, 0) is 4.79 Å². The van der Waals surface area contributed by atoms with E-state index in [4.69, 9.17) is 16.3 Å². The van der Waals surface area contributed by atoms with Crippen LogP contribution in [0.2, 0.25) is 5.02 Å². The van der Waals surface area contributed by atoms with Crippen LogP contribution in [0.3, 0.4) is 0 Å². The molecule has 122 valence electrons. The number of ether oxygens (including phenoxy) is 1. The predicted octanol–water partition coefficient (Wildman–Crippen LogP) is 4.12. The molecule has 4 nitrogen and oxygen atoms in total. The molecule has 0 aromatic heterocycles. The second-order valence-corrected chi connectivity index (χ2v) is 6.09. The standard InChI is InChI=1S/C18H21ClN2O2/c1-12(2)14-9-8-13(3)16(10-14)20-21-18(22)11-23-17-7-5-4-6-15(17)19/h4-8,14H,1,9-11H2,2-3H3,(H,21,22)/b20-16+/t14-/m0/s1. The molecular weight excluding hydrogens is 312 g/mol. The van der Waals surface area contributed by atoms with Gasteiger partial charge in [-0.15, -0.1) is 0 Å². The number of halogens is 1. The summed E-state index contributed by atoms with van der Waals surface area (Å²) in [5.41, 5.74) is 5.65. The van der Waals surface area contributed by atoms with E-state index >= 15 is 0 Å². The summed E-state index contributed by atoms with van der Waals surface area (Å²) in [5.74, 6) is 0.546. The molecular formula is C18H21ClN2O2. The van der Waals surface area contributed by atoms with Gasteiger partial charge in [0, 0.05) is 0 Å². The van der Waals surface area contributed by atoms with E-state index in [1.165, 1.54) is 0 Å². The first-order valence-corrected chi connectivity index (χ1v) is 7.90. The molecule has 0 bridgehead atoms. The van der Waals surface area contributed by atoms with Crippen LogP contribution in [0.25, 0.3) is 0 Å². The molecule has 1 aromatic carbocycles. The molecule has 0 saturated heterocycles. The third-order valence-corrected chi connectivity index (χ3v) is 4.12. The van der Waals surface area contributed by atoms with Crippen LogP contribution >= 0.6 is 11.6 Å². The summed E-state index contributed by atoms with van der Waals surface area (Å²) < 4.78 is 5.38. The number of rotatable bonds is 5. The third kappa shape index (κ3) is 4.96. The largest absolute Gasteiger partial charge is 0.482 e. The van der Waals surface area contributed by atoms with Gasteiger partial charge in [0.15, 0.2) is 6.61 Å². The molecule has 1 N–H and O–H groups in total. The van der Waals surface area contributed by atoms with Crippen molar-refractivity contribution in [3.05, 3.63) is 53.1 Å². The molecule has 0 unspecified atom stereocenters. The zero-order valence-electron chi connectivity index (χ0n) is 13.4. The Morgan fingerprint density at radius 3 is 2.91 bits per heavy atom. The Morgan fingerprint density at radius 1 is 1.48 bits per heavy atom. The van der Waals surface area contributed by atoms with Gasteiger partial charge in [-0.3, -0.25) is 4.79 Å². The van der Waals surface area contributed by atoms with Crippen molar-refractivity contribution >= 4 is 23.2 Å². The fourth-order valence-corrected chi connectivity index (χ4v) is 2.48.